The van der Waals surface area contributed by atoms with Crippen LogP contribution in [0.1, 0.15) is 34.3 Å². The summed E-state index contributed by atoms with van der Waals surface area (Å²) < 4.78 is 5.81. The molecule has 0 spiro atoms. The Bertz CT molecular complexity index is 763. The average Bonchev–Trinajstić information content (AvgIpc) is 2.55. The molecule has 0 fully saturated rings. The first-order valence-electron chi connectivity index (χ1n) is 8.05. The van der Waals surface area contributed by atoms with Crippen LogP contribution in [0.5, 0.6) is 5.75 Å². The number of unbranched alkanes of at least 4 members (excludes halogenated alkanes) is 1. The summed E-state index contributed by atoms with van der Waals surface area (Å²) in [7, 11) is 0. The molecule has 0 bridgehead atoms. The highest BCUT2D eigenvalue weighted by Crippen LogP contribution is 2.30. The maximum atomic E-state index is 11.3. The van der Waals surface area contributed by atoms with Gasteiger partial charge in [0.25, 0.3) is 0 Å². The van der Waals surface area contributed by atoms with Gasteiger partial charge in [0.05, 0.1) is 22.9 Å². The molecule has 4 nitrogen and oxygen atoms in total. The van der Waals surface area contributed by atoms with Gasteiger partial charge in [-0.3, -0.25) is 0 Å². The summed E-state index contributed by atoms with van der Waals surface area (Å²) in [5.41, 5.74) is 2.83. The molecule has 6 heteroatoms. The van der Waals surface area contributed by atoms with Gasteiger partial charge >= 0.3 is 5.97 Å². The van der Waals surface area contributed by atoms with E-state index in [1.165, 1.54) is 17.7 Å². The van der Waals surface area contributed by atoms with Crippen LogP contribution in [0.25, 0.3) is 0 Å². The number of benzene rings is 2. The van der Waals surface area contributed by atoms with Crippen molar-refractivity contribution in [3.05, 3.63) is 57.1 Å². The third kappa shape index (κ3) is 5.28. The topological polar surface area (TPSA) is 58.6 Å². The zero-order chi connectivity index (χ0) is 18.4. The van der Waals surface area contributed by atoms with E-state index in [4.69, 9.17) is 27.9 Å². The van der Waals surface area contributed by atoms with Crippen LogP contribution in [0.3, 0.4) is 0 Å². The second kappa shape index (κ2) is 8.97. The van der Waals surface area contributed by atoms with Crippen LogP contribution >= 0.6 is 23.2 Å². The van der Waals surface area contributed by atoms with E-state index in [0.29, 0.717) is 28.9 Å². The van der Waals surface area contributed by atoms with Crippen molar-refractivity contribution in [2.75, 3.05) is 18.5 Å². The third-order valence-corrected chi connectivity index (χ3v) is 4.49. The molecule has 0 amide bonds. The van der Waals surface area contributed by atoms with Crippen molar-refractivity contribution >= 4 is 34.9 Å². The zero-order valence-corrected chi connectivity index (χ0v) is 15.7. The van der Waals surface area contributed by atoms with Crippen LogP contribution in [0.15, 0.2) is 30.3 Å². The summed E-state index contributed by atoms with van der Waals surface area (Å²) in [6.45, 7) is 5.30. The number of aryl methyl sites for hydroxylation is 1. The minimum atomic E-state index is -1.06. The predicted molar refractivity (Wildman–Crippen MR) is 103 cm³/mol. The number of ether oxygens (including phenoxy) is 1. The monoisotopic (exact) mass is 381 g/mol. The number of halogens is 2. The summed E-state index contributed by atoms with van der Waals surface area (Å²) in [5, 5.41) is 12.9. The van der Waals surface area contributed by atoms with E-state index in [9.17, 15) is 9.90 Å². The van der Waals surface area contributed by atoms with Gasteiger partial charge < -0.3 is 15.2 Å². The van der Waals surface area contributed by atoms with E-state index in [1.54, 1.807) is 0 Å². The Morgan fingerprint density at radius 1 is 1.20 bits per heavy atom. The standard InChI is InChI=1S/C19H21Cl2NO3/c1-12-6-5-7-17(13(12)2)25-9-4-3-8-22-18-15(19(23)24)10-14(20)11-16(18)21/h5-7,10-11,22H,3-4,8-9H2,1-2H3,(H,23,24). The fraction of sp³-hybridized carbons (Fsp3) is 0.316. The van der Waals surface area contributed by atoms with E-state index in [1.807, 2.05) is 19.1 Å². The molecule has 0 atom stereocenters. The van der Waals surface area contributed by atoms with Gasteiger partial charge in [0, 0.05) is 11.6 Å². The van der Waals surface area contributed by atoms with Gasteiger partial charge in [-0.15, -0.1) is 0 Å². The molecule has 0 saturated heterocycles. The van der Waals surface area contributed by atoms with Crippen molar-refractivity contribution in [3.8, 4) is 5.75 Å². The fourth-order valence-corrected chi connectivity index (χ4v) is 2.99. The number of anilines is 1. The second-order valence-electron chi connectivity index (χ2n) is 5.80. The number of hydrogen-bond donors (Lipinski definition) is 2. The molecule has 0 saturated carbocycles. The number of carbonyl (C=O) groups is 1. The van der Waals surface area contributed by atoms with E-state index in [2.05, 4.69) is 18.3 Å². The van der Waals surface area contributed by atoms with Gasteiger partial charge in [-0.25, -0.2) is 4.79 Å². The molecular weight excluding hydrogens is 361 g/mol. The minimum Gasteiger partial charge on any atom is -0.493 e. The first kappa shape index (κ1) is 19.4. The number of hydrogen-bond acceptors (Lipinski definition) is 3. The van der Waals surface area contributed by atoms with Gasteiger partial charge in [-0.05, 0) is 56.0 Å². The molecule has 0 aromatic heterocycles. The highest BCUT2D eigenvalue weighted by molar-refractivity contribution is 6.37. The van der Waals surface area contributed by atoms with Crippen LogP contribution in [0.4, 0.5) is 5.69 Å². The van der Waals surface area contributed by atoms with E-state index < -0.39 is 5.97 Å². The van der Waals surface area contributed by atoms with E-state index >= 15 is 0 Å². The molecule has 2 aromatic carbocycles. The van der Waals surface area contributed by atoms with Gasteiger partial charge in [-0.1, -0.05) is 35.3 Å². The number of nitrogens with one attached hydrogen (secondary N) is 1. The molecule has 2 rings (SSSR count). The van der Waals surface area contributed by atoms with Crippen LogP contribution in [0, 0.1) is 13.8 Å². The first-order chi connectivity index (χ1) is 11.9. The van der Waals surface area contributed by atoms with Crippen LogP contribution in [-0.2, 0) is 0 Å². The highest BCUT2D eigenvalue weighted by atomic mass is 35.5. The Morgan fingerprint density at radius 2 is 1.96 bits per heavy atom. The van der Waals surface area contributed by atoms with Gasteiger partial charge in [-0.2, -0.15) is 0 Å². The summed E-state index contributed by atoms with van der Waals surface area (Å²) >= 11 is 12.0. The van der Waals surface area contributed by atoms with Crippen molar-refractivity contribution in [2.45, 2.75) is 26.7 Å². The summed E-state index contributed by atoms with van der Waals surface area (Å²) in [5.74, 6) is -0.160. The first-order valence-corrected chi connectivity index (χ1v) is 8.81. The maximum Gasteiger partial charge on any atom is 0.337 e. The van der Waals surface area contributed by atoms with Gasteiger partial charge in [0.2, 0.25) is 0 Å². The SMILES string of the molecule is Cc1cccc(OCCCCNc2c(Cl)cc(Cl)cc2C(=O)O)c1C. The molecule has 0 unspecified atom stereocenters. The van der Waals surface area contributed by atoms with Crippen LogP contribution in [-0.4, -0.2) is 24.2 Å². The smallest absolute Gasteiger partial charge is 0.337 e. The molecule has 2 N–H and O–H groups in total. The molecule has 25 heavy (non-hydrogen) atoms. The maximum absolute atomic E-state index is 11.3. The second-order valence-corrected chi connectivity index (χ2v) is 6.64. The molecule has 0 radical (unpaired) electrons. The fourth-order valence-electron chi connectivity index (χ4n) is 2.43. The van der Waals surface area contributed by atoms with Crippen molar-refractivity contribution in [1.29, 1.82) is 0 Å². The lowest BCUT2D eigenvalue weighted by Gasteiger charge is -2.13. The minimum absolute atomic E-state index is 0.0733. The lowest BCUT2D eigenvalue weighted by atomic mass is 10.1. The van der Waals surface area contributed by atoms with Gasteiger partial charge in [0.1, 0.15) is 5.75 Å². The summed E-state index contributed by atoms with van der Waals surface area (Å²) in [6, 6.07) is 8.92. The van der Waals surface area contributed by atoms with Crippen molar-refractivity contribution in [2.24, 2.45) is 0 Å². The average molecular weight is 382 g/mol. The number of carboxylic acids is 1. The Balaban J connectivity index is 1.82. The Kier molecular flexibility index (Phi) is 6.97. The number of carboxylic acid groups (broad SMARTS) is 1. The third-order valence-electron chi connectivity index (χ3n) is 3.97. The highest BCUT2D eigenvalue weighted by Gasteiger charge is 2.14. The molecule has 0 heterocycles. The van der Waals surface area contributed by atoms with Crippen molar-refractivity contribution in [3.63, 3.8) is 0 Å². The van der Waals surface area contributed by atoms with Gasteiger partial charge in [0.15, 0.2) is 0 Å². The lowest BCUT2D eigenvalue weighted by molar-refractivity contribution is 0.0698. The lowest BCUT2D eigenvalue weighted by Crippen LogP contribution is -2.10. The van der Waals surface area contributed by atoms with Crippen molar-refractivity contribution < 1.29 is 14.6 Å². The van der Waals surface area contributed by atoms with Crippen LogP contribution in [0.2, 0.25) is 10.0 Å². The van der Waals surface area contributed by atoms with E-state index in [0.717, 1.165) is 24.2 Å². The zero-order valence-electron chi connectivity index (χ0n) is 14.2. The molecule has 2 aromatic rings. The summed E-state index contributed by atoms with van der Waals surface area (Å²) in [4.78, 5) is 11.3. The molecular formula is C19H21Cl2NO3. The summed E-state index contributed by atoms with van der Waals surface area (Å²) in [6.07, 6.45) is 1.66. The number of rotatable bonds is 8. The Labute approximate surface area is 157 Å². The van der Waals surface area contributed by atoms with E-state index in [-0.39, 0.29) is 5.56 Å². The normalized spacial score (nSPS) is 10.6. The number of aromatic carboxylic acids is 1. The van der Waals surface area contributed by atoms with Crippen LogP contribution < -0.4 is 10.1 Å². The quantitative estimate of drug-likeness (QED) is 0.585. The molecule has 134 valence electrons. The Morgan fingerprint density at radius 3 is 2.68 bits per heavy atom. The Hall–Kier alpha value is -1.91. The molecule has 0 aliphatic carbocycles. The molecule has 0 aliphatic rings. The largest absolute Gasteiger partial charge is 0.493 e. The molecule has 0 aliphatic heterocycles. The van der Waals surface area contributed by atoms with Crippen molar-refractivity contribution in [1.82, 2.24) is 0 Å². The predicted octanol–water partition coefficient (Wildman–Crippen LogP) is 5.58.